The summed E-state index contributed by atoms with van der Waals surface area (Å²) in [5.41, 5.74) is 0. The first kappa shape index (κ1) is 10.8. The fourth-order valence-electron chi connectivity index (χ4n) is 0.453. The third-order valence-corrected chi connectivity index (χ3v) is 1.05. The van der Waals surface area contributed by atoms with Gasteiger partial charge in [0.2, 0.25) is 0 Å². The van der Waals surface area contributed by atoms with Crippen LogP contribution in [0.15, 0.2) is 0 Å². The van der Waals surface area contributed by atoms with Gasteiger partial charge in [0.25, 0.3) is 0 Å². The molecule has 0 aromatic heterocycles. The predicted molar refractivity (Wildman–Crippen MR) is 37.1 cm³/mol. The van der Waals surface area contributed by atoms with E-state index in [0.29, 0.717) is 0 Å². The standard InChI is InChI=1S/C6H14O5/c1-5(11-9)3-10-4-6(8)2-7/h5-9H,2-4H2,1H3. The number of hydrogen-bond donors (Lipinski definition) is 3. The van der Waals surface area contributed by atoms with Crippen LogP contribution in [0.2, 0.25) is 0 Å². The van der Waals surface area contributed by atoms with Crippen LogP contribution < -0.4 is 0 Å². The lowest BCUT2D eigenvalue weighted by Crippen LogP contribution is -2.23. The Morgan fingerprint density at radius 1 is 1.36 bits per heavy atom. The zero-order valence-corrected chi connectivity index (χ0v) is 6.43. The van der Waals surface area contributed by atoms with Crippen molar-refractivity contribution in [2.24, 2.45) is 0 Å². The van der Waals surface area contributed by atoms with Crippen LogP contribution in [-0.2, 0) is 9.62 Å². The van der Waals surface area contributed by atoms with Crippen LogP contribution in [0.3, 0.4) is 0 Å². The molecule has 0 heterocycles. The summed E-state index contributed by atoms with van der Waals surface area (Å²) in [6, 6.07) is 0. The Balaban J connectivity index is 3.13. The Hall–Kier alpha value is -0.200. The first-order chi connectivity index (χ1) is 5.20. The molecule has 0 saturated heterocycles. The van der Waals surface area contributed by atoms with E-state index in [1.165, 1.54) is 0 Å². The maximum Gasteiger partial charge on any atom is 0.113 e. The molecule has 0 aliphatic rings. The highest BCUT2D eigenvalue weighted by Gasteiger charge is 2.04. The van der Waals surface area contributed by atoms with E-state index in [1.54, 1.807) is 6.92 Å². The summed E-state index contributed by atoms with van der Waals surface area (Å²) >= 11 is 0. The Labute approximate surface area is 65.1 Å². The number of hydrogen-bond acceptors (Lipinski definition) is 5. The summed E-state index contributed by atoms with van der Waals surface area (Å²) in [6.45, 7) is 1.53. The SMILES string of the molecule is CC(COCC(O)CO)OO. The third kappa shape index (κ3) is 6.21. The minimum atomic E-state index is -0.860. The second-order valence-corrected chi connectivity index (χ2v) is 2.29. The number of aliphatic hydroxyl groups is 2. The van der Waals surface area contributed by atoms with Crippen LogP contribution >= 0.6 is 0 Å². The van der Waals surface area contributed by atoms with Crippen LogP contribution in [0.4, 0.5) is 0 Å². The molecule has 0 fully saturated rings. The van der Waals surface area contributed by atoms with Gasteiger partial charge in [0, 0.05) is 0 Å². The summed E-state index contributed by atoms with van der Waals surface area (Å²) in [5, 5.41) is 25.2. The van der Waals surface area contributed by atoms with Gasteiger partial charge in [-0.25, -0.2) is 4.89 Å². The highest BCUT2D eigenvalue weighted by atomic mass is 17.1. The quantitative estimate of drug-likeness (QED) is 0.357. The molecule has 5 nitrogen and oxygen atoms in total. The average molecular weight is 166 g/mol. The Morgan fingerprint density at radius 2 is 2.00 bits per heavy atom. The predicted octanol–water partition coefficient (Wildman–Crippen LogP) is -0.766. The van der Waals surface area contributed by atoms with Crippen LogP contribution in [0.1, 0.15) is 6.92 Å². The first-order valence-corrected chi connectivity index (χ1v) is 3.37. The Bertz CT molecular complexity index is 77.0. The summed E-state index contributed by atoms with van der Waals surface area (Å²) < 4.78 is 4.84. The highest BCUT2D eigenvalue weighted by Crippen LogP contribution is 1.90. The summed E-state index contributed by atoms with van der Waals surface area (Å²) in [4.78, 5) is 3.90. The molecule has 2 unspecified atom stereocenters. The van der Waals surface area contributed by atoms with Crippen LogP contribution in [0, 0.1) is 0 Å². The molecule has 68 valence electrons. The lowest BCUT2D eigenvalue weighted by molar-refractivity contribution is -0.283. The van der Waals surface area contributed by atoms with Crippen LogP contribution in [-0.4, -0.2) is 47.5 Å². The summed E-state index contributed by atoms with van der Waals surface area (Å²) in [6.07, 6.45) is -1.28. The molecule has 0 bridgehead atoms. The van der Waals surface area contributed by atoms with Gasteiger partial charge in [-0.2, -0.15) is 0 Å². The lowest BCUT2D eigenvalue weighted by atomic mass is 10.4. The minimum absolute atomic E-state index is 0.0458. The Morgan fingerprint density at radius 3 is 2.45 bits per heavy atom. The lowest BCUT2D eigenvalue weighted by Gasteiger charge is -2.10. The first-order valence-electron chi connectivity index (χ1n) is 3.37. The largest absolute Gasteiger partial charge is 0.394 e. The normalized spacial score (nSPS) is 16.4. The highest BCUT2D eigenvalue weighted by molar-refractivity contribution is 4.50. The van der Waals surface area contributed by atoms with Crippen molar-refractivity contribution < 1.29 is 25.1 Å². The summed E-state index contributed by atoms with van der Waals surface area (Å²) in [7, 11) is 0. The van der Waals surface area contributed by atoms with Gasteiger partial charge in [-0.15, -0.1) is 0 Å². The van der Waals surface area contributed by atoms with Gasteiger partial charge in [-0.1, -0.05) is 0 Å². The molecule has 0 saturated carbocycles. The van der Waals surface area contributed by atoms with Crippen molar-refractivity contribution in [3.8, 4) is 0 Å². The van der Waals surface area contributed by atoms with Gasteiger partial charge in [-0.05, 0) is 6.92 Å². The van der Waals surface area contributed by atoms with Gasteiger partial charge in [0.15, 0.2) is 0 Å². The molecule has 0 amide bonds. The summed E-state index contributed by atoms with van der Waals surface area (Å²) in [5.74, 6) is 0. The van der Waals surface area contributed by atoms with Crippen molar-refractivity contribution >= 4 is 0 Å². The molecular weight excluding hydrogens is 152 g/mol. The molecule has 0 radical (unpaired) electrons. The van der Waals surface area contributed by atoms with E-state index >= 15 is 0 Å². The van der Waals surface area contributed by atoms with Gasteiger partial charge in [0.05, 0.1) is 19.8 Å². The zero-order valence-electron chi connectivity index (χ0n) is 6.43. The van der Waals surface area contributed by atoms with Crippen molar-refractivity contribution in [1.82, 2.24) is 0 Å². The topological polar surface area (TPSA) is 79.2 Å². The second kappa shape index (κ2) is 6.51. The minimum Gasteiger partial charge on any atom is -0.394 e. The average Bonchev–Trinajstić information content (AvgIpc) is 2.04. The number of ether oxygens (including phenoxy) is 1. The van der Waals surface area contributed by atoms with E-state index in [0.717, 1.165) is 0 Å². The van der Waals surface area contributed by atoms with E-state index in [9.17, 15) is 0 Å². The van der Waals surface area contributed by atoms with Crippen molar-refractivity contribution in [3.63, 3.8) is 0 Å². The molecule has 11 heavy (non-hydrogen) atoms. The third-order valence-electron chi connectivity index (χ3n) is 1.05. The molecule has 0 aliphatic heterocycles. The Kier molecular flexibility index (Phi) is 6.39. The maximum atomic E-state index is 8.77. The monoisotopic (exact) mass is 166 g/mol. The van der Waals surface area contributed by atoms with E-state index in [2.05, 4.69) is 4.89 Å². The second-order valence-electron chi connectivity index (χ2n) is 2.29. The van der Waals surface area contributed by atoms with E-state index in [-0.39, 0.29) is 19.8 Å². The molecule has 5 heteroatoms. The van der Waals surface area contributed by atoms with Crippen LogP contribution in [0.5, 0.6) is 0 Å². The molecule has 3 N–H and O–H groups in total. The molecule has 0 spiro atoms. The fourth-order valence-corrected chi connectivity index (χ4v) is 0.453. The maximum absolute atomic E-state index is 8.77. The zero-order chi connectivity index (χ0) is 8.69. The van der Waals surface area contributed by atoms with E-state index in [1.807, 2.05) is 0 Å². The molecule has 0 rings (SSSR count). The van der Waals surface area contributed by atoms with E-state index in [4.69, 9.17) is 20.2 Å². The number of aliphatic hydroxyl groups excluding tert-OH is 2. The fraction of sp³-hybridized carbons (Fsp3) is 1.00. The molecule has 0 aromatic rings. The van der Waals surface area contributed by atoms with Crippen molar-refractivity contribution in [1.29, 1.82) is 0 Å². The van der Waals surface area contributed by atoms with Gasteiger partial charge in [0.1, 0.15) is 12.2 Å². The van der Waals surface area contributed by atoms with E-state index < -0.39 is 12.2 Å². The molecule has 0 aromatic carbocycles. The molecular formula is C6H14O5. The van der Waals surface area contributed by atoms with Crippen molar-refractivity contribution in [3.05, 3.63) is 0 Å². The van der Waals surface area contributed by atoms with Gasteiger partial charge >= 0.3 is 0 Å². The molecule has 0 aliphatic carbocycles. The van der Waals surface area contributed by atoms with Gasteiger partial charge in [-0.3, -0.25) is 5.26 Å². The van der Waals surface area contributed by atoms with Crippen molar-refractivity contribution in [2.75, 3.05) is 19.8 Å². The smallest absolute Gasteiger partial charge is 0.113 e. The van der Waals surface area contributed by atoms with Crippen molar-refractivity contribution in [2.45, 2.75) is 19.1 Å². The van der Waals surface area contributed by atoms with Crippen LogP contribution in [0.25, 0.3) is 0 Å². The number of rotatable bonds is 6. The van der Waals surface area contributed by atoms with Gasteiger partial charge < -0.3 is 14.9 Å². The molecule has 2 atom stereocenters.